The lowest BCUT2D eigenvalue weighted by atomic mass is 10.2. The minimum absolute atomic E-state index is 0.0328. The Kier molecular flexibility index (Phi) is 4.30. The molecule has 1 aliphatic rings. The molecule has 2 N–H and O–H groups in total. The summed E-state index contributed by atoms with van der Waals surface area (Å²) in [6.07, 6.45) is 3.28. The fourth-order valence-electron chi connectivity index (χ4n) is 1.74. The Hall–Kier alpha value is -1.17. The molecule has 1 saturated heterocycles. The van der Waals surface area contributed by atoms with E-state index in [0.29, 0.717) is 26.4 Å². The quantitative estimate of drug-likeness (QED) is 0.837. The van der Waals surface area contributed by atoms with E-state index in [0.717, 1.165) is 11.3 Å². The highest BCUT2D eigenvalue weighted by Crippen LogP contribution is 2.19. The van der Waals surface area contributed by atoms with E-state index in [4.69, 9.17) is 19.9 Å². The van der Waals surface area contributed by atoms with E-state index in [1.54, 1.807) is 12.4 Å². The molecule has 0 aromatic carbocycles. The van der Waals surface area contributed by atoms with Crippen LogP contribution in [0.25, 0.3) is 0 Å². The maximum absolute atomic E-state index is 5.83. The molecular formula is C12H18N2O3. The van der Waals surface area contributed by atoms with Gasteiger partial charge in [-0.25, -0.2) is 0 Å². The zero-order valence-electron chi connectivity index (χ0n) is 9.96. The van der Waals surface area contributed by atoms with Crippen LogP contribution in [0.5, 0.6) is 5.75 Å². The maximum Gasteiger partial charge on any atom is 0.142 e. The van der Waals surface area contributed by atoms with Crippen molar-refractivity contribution in [3.63, 3.8) is 0 Å². The van der Waals surface area contributed by atoms with Gasteiger partial charge in [-0.05, 0) is 13.0 Å². The number of aromatic nitrogens is 1. The van der Waals surface area contributed by atoms with Crippen molar-refractivity contribution < 1.29 is 14.2 Å². The molecule has 2 atom stereocenters. The number of pyridine rings is 1. The Labute approximate surface area is 101 Å². The predicted molar refractivity (Wildman–Crippen MR) is 62.8 cm³/mol. The van der Waals surface area contributed by atoms with Crippen LogP contribution >= 0.6 is 0 Å². The highest BCUT2D eigenvalue weighted by molar-refractivity contribution is 5.29. The summed E-state index contributed by atoms with van der Waals surface area (Å²) in [7, 11) is 0. The third-order valence-corrected chi connectivity index (χ3v) is 2.77. The number of ether oxygens (including phenoxy) is 3. The summed E-state index contributed by atoms with van der Waals surface area (Å²) in [5, 5.41) is 0. The van der Waals surface area contributed by atoms with Crippen LogP contribution in [0.1, 0.15) is 12.5 Å². The molecule has 1 unspecified atom stereocenters. The zero-order chi connectivity index (χ0) is 12.1. The average molecular weight is 238 g/mol. The monoisotopic (exact) mass is 238 g/mol. The first kappa shape index (κ1) is 12.3. The van der Waals surface area contributed by atoms with Crippen LogP contribution in [0.15, 0.2) is 18.5 Å². The molecule has 1 aromatic heterocycles. The predicted octanol–water partition coefficient (Wildman–Crippen LogP) is 0.723. The van der Waals surface area contributed by atoms with Crippen molar-refractivity contribution in [1.29, 1.82) is 0 Å². The Balaban J connectivity index is 1.99. The van der Waals surface area contributed by atoms with Crippen molar-refractivity contribution in [1.82, 2.24) is 4.98 Å². The lowest BCUT2D eigenvalue weighted by Crippen LogP contribution is -2.40. The molecule has 94 valence electrons. The zero-order valence-corrected chi connectivity index (χ0v) is 9.96. The number of hydrogen-bond acceptors (Lipinski definition) is 5. The van der Waals surface area contributed by atoms with Crippen molar-refractivity contribution in [2.75, 3.05) is 19.8 Å². The summed E-state index contributed by atoms with van der Waals surface area (Å²) in [5.41, 5.74) is 6.59. The van der Waals surface area contributed by atoms with Gasteiger partial charge < -0.3 is 19.9 Å². The second-order valence-corrected chi connectivity index (χ2v) is 3.99. The fourth-order valence-corrected chi connectivity index (χ4v) is 1.74. The second-order valence-electron chi connectivity index (χ2n) is 3.99. The molecule has 0 bridgehead atoms. The van der Waals surface area contributed by atoms with Crippen molar-refractivity contribution in [2.24, 2.45) is 5.73 Å². The maximum atomic E-state index is 5.83. The molecule has 5 heteroatoms. The Morgan fingerprint density at radius 3 is 3.18 bits per heavy atom. The van der Waals surface area contributed by atoms with Gasteiger partial charge in [-0.3, -0.25) is 4.98 Å². The first-order chi connectivity index (χ1) is 8.31. The summed E-state index contributed by atoms with van der Waals surface area (Å²) >= 11 is 0. The average Bonchev–Trinajstić information content (AvgIpc) is 2.40. The van der Waals surface area contributed by atoms with Gasteiger partial charge in [0.2, 0.25) is 0 Å². The minimum Gasteiger partial charge on any atom is -0.486 e. The van der Waals surface area contributed by atoms with Crippen molar-refractivity contribution in [3.8, 4) is 5.75 Å². The van der Waals surface area contributed by atoms with Gasteiger partial charge in [0.1, 0.15) is 18.0 Å². The van der Waals surface area contributed by atoms with Gasteiger partial charge in [-0.15, -0.1) is 0 Å². The molecule has 1 fully saturated rings. The number of hydrogen-bond donors (Lipinski definition) is 1. The number of nitrogens with zero attached hydrogens (tertiary/aromatic N) is 1. The molecule has 0 spiro atoms. The molecule has 0 radical (unpaired) electrons. The van der Waals surface area contributed by atoms with Crippen LogP contribution in [0.4, 0.5) is 0 Å². The van der Waals surface area contributed by atoms with Gasteiger partial charge in [-0.2, -0.15) is 0 Å². The third kappa shape index (κ3) is 3.15. The van der Waals surface area contributed by atoms with E-state index >= 15 is 0 Å². The van der Waals surface area contributed by atoms with Gasteiger partial charge in [0.25, 0.3) is 0 Å². The molecule has 0 aliphatic carbocycles. The Morgan fingerprint density at radius 1 is 1.59 bits per heavy atom. The first-order valence-corrected chi connectivity index (χ1v) is 5.80. The largest absolute Gasteiger partial charge is 0.486 e. The molecule has 5 nitrogen and oxygen atoms in total. The van der Waals surface area contributed by atoms with Crippen LogP contribution in [0.2, 0.25) is 0 Å². The van der Waals surface area contributed by atoms with Crippen molar-refractivity contribution in [2.45, 2.75) is 25.7 Å². The van der Waals surface area contributed by atoms with E-state index in [1.807, 2.05) is 13.0 Å². The summed E-state index contributed by atoms with van der Waals surface area (Å²) in [5.74, 6) is 0.719. The number of nitrogens with two attached hydrogens (primary N) is 1. The van der Waals surface area contributed by atoms with Crippen LogP contribution in [-0.2, 0) is 16.0 Å². The standard InChI is InChI=1S/C12H18N2O3/c1-9(12-8-15-4-5-16-12)17-11-7-14-3-2-10(11)6-13/h2-3,7,9,12H,4-6,8,13H2,1H3/t9-,12?/m0/s1. The van der Waals surface area contributed by atoms with E-state index in [1.165, 1.54) is 0 Å². The van der Waals surface area contributed by atoms with Gasteiger partial charge in [0.05, 0.1) is 26.0 Å². The third-order valence-electron chi connectivity index (χ3n) is 2.77. The lowest BCUT2D eigenvalue weighted by molar-refractivity contribution is -0.122. The first-order valence-electron chi connectivity index (χ1n) is 5.80. The summed E-state index contributed by atoms with van der Waals surface area (Å²) in [6.45, 7) is 4.25. The summed E-state index contributed by atoms with van der Waals surface area (Å²) in [6, 6.07) is 1.86. The number of rotatable bonds is 4. The SMILES string of the molecule is C[C@H](Oc1cnccc1CN)C1COCCO1. The highest BCUT2D eigenvalue weighted by atomic mass is 16.6. The minimum atomic E-state index is -0.0789. The van der Waals surface area contributed by atoms with Crippen LogP contribution in [0, 0.1) is 0 Å². The summed E-state index contributed by atoms with van der Waals surface area (Å²) < 4.78 is 16.8. The van der Waals surface area contributed by atoms with E-state index in [9.17, 15) is 0 Å². The normalized spacial score (nSPS) is 22.1. The topological polar surface area (TPSA) is 66.6 Å². The molecule has 1 aromatic rings. The molecule has 17 heavy (non-hydrogen) atoms. The smallest absolute Gasteiger partial charge is 0.142 e. The van der Waals surface area contributed by atoms with Gasteiger partial charge in [0, 0.05) is 18.3 Å². The van der Waals surface area contributed by atoms with E-state index < -0.39 is 0 Å². The van der Waals surface area contributed by atoms with Gasteiger partial charge in [-0.1, -0.05) is 0 Å². The van der Waals surface area contributed by atoms with Crippen LogP contribution in [-0.4, -0.2) is 37.0 Å². The molecule has 2 heterocycles. The van der Waals surface area contributed by atoms with Crippen LogP contribution < -0.4 is 10.5 Å². The van der Waals surface area contributed by atoms with Crippen LogP contribution in [0.3, 0.4) is 0 Å². The lowest BCUT2D eigenvalue weighted by Gasteiger charge is -2.28. The summed E-state index contributed by atoms with van der Waals surface area (Å²) in [4.78, 5) is 4.04. The molecule has 0 amide bonds. The fraction of sp³-hybridized carbons (Fsp3) is 0.583. The van der Waals surface area contributed by atoms with E-state index in [-0.39, 0.29) is 12.2 Å². The molecular weight excluding hydrogens is 220 g/mol. The van der Waals surface area contributed by atoms with Crippen molar-refractivity contribution in [3.05, 3.63) is 24.0 Å². The molecule has 2 rings (SSSR count). The van der Waals surface area contributed by atoms with Gasteiger partial charge >= 0.3 is 0 Å². The second kappa shape index (κ2) is 5.95. The molecule has 0 saturated carbocycles. The molecule has 1 aliphatic heterocycles. The highest BCUT2D eigenvalue weighted by Gasteiger charge is 2.23. The van der Waals surface area contributed by atoms with Crippen molar-refractivity contribution >= 4 is 0 Å². The Morgan fingerprint density at radius 2 is 2.47 bits per heavy atom. The van der Waals surface area contributed by atoms with Gasteiger partial charge in [0.15, 0.2) is 0 Å². The van der Waals surface area contributed by atoms with E-state index in [2.05, 4.69) is 4.98 Å². The Bertz CT molecular complexity index is 353.